The molecule has 2 heterocycles. The maximum absolute atomic E-state index is 9.71. The summed E-state index contributed by atoms with van der Waals surface area (Å²) in [7, 11) is 0. The van der Waals surface area contributed by atoms with Crippen molar-refractivity contribution in [1.82, 2.24) is 30.2 Å². The van der Waals surface area contributed by atoms with Crippen LogP contribution in [0.4, 0.5) is 0 Å². The van der Waals surface area contributed by atoms with Crippen molar-refractivity contribution in [2.24, 2.45) is 0 Å². The molecule has 0 saturated carbocycles. The second kappa shape index (κ2) is 8.55. The van der Waals surface area contributed by atoms with Gasteiger partial charge in [0.1, 0.15) is 5.82 Å². The molecule has 0 aliphatic heterocycles. The number of hydrogen-bond donors (Lipinski definition) is 2. The fraction of sp³-hybridized carbons (Fsp3) is 0.238. The van der Waals surface area contributed by atoms with Crippen molar-refractivity contribution < 1.29 is 5.11 Å². The molecule has 0 bridgehead atoms. The van der Waals surface area contributed by atoms with Crippen molar-refractivity contribution in [2.45, 2.75) is 32.9 Å². The van der Waals surface area contributed by atoms with E-state index in [0.717, 1.165) is 40.9 Å². The Morgan fingerprint density at radius 1 is 1.07 bits per heavy atom. The van der Waals surface area contributed by atoms with Crippen molar-refractivity contribution in [3.8, 4) is 22.5 Å². The van der Waals surface area contributed by atoms with Gasteiger partial charge in [-0.1, -0.05) is 67.1 Å². The van der Waals surface area contributed by atoms with Crippen LogP contribution in [-0.2, 0) is 19.6 Å². The van der Waals surface area contributed by atoms with Gasteiger partial charge in [0.25, 0.3) is 0 Å². The number of aryl methyl sites for hydroxylation is 1. The molecule has 0 aliphatic rings. The Hall–Kier alpha value is -3.03. The summed E-state index contributed by atoms with van der Waals surface area (Å²) >= 11 is 6.21. The predicted molar refractivity (Wildman–Crippen MR) is 111 cm³/mol. The molecule has 0 aliphatic carbocycles. The lowest BCUT2D eigenvalue weighted by molar-refractivity contribution is 0.271. The zero-order chi connectivity index (χ0) is 20.2. The van der Waals surface area contributed by atoms with Crippen molar-refractivity contribution in [3.63, 3.8) is 0 Å². The maximum Gasteiger partial charge on any atom is 0.205 e. The third-order valence-electron chi connectivity index (χ3n) is 4.85. The average Bonchev–Trinajstić information content (AvgIpc) is 3.37. The molecule has 0 saturated heterocycles. The molecule has 4 aromatic rings. The third-order valence-corrected chi connectivity index (χ3v) is 5.15. The molecule has 0 amide bonds. The number of aliphatic hydroxyl groups excluding tert-OH is 1. The molecular weight excluding hydrogens is 388 g/mol. The molecule has 0 fully saturated rings. The first-order valence-electron chi connectivity index (χ1n) is 9.48. The van der Waals surface area contributed by atoms with E-state index in [1.54, 1.807) is 0 Å². The smallest absolute Gasteiger partial charge is 0.205 e. The number of aliphatic hydroxyl groups is 1. The van der Waals surface area contributed by atoms with Crippen LogP contribution in [0.2, 0.25) is 5.15 Å². The Morgan fingerprint density at radius 3 is 2.48 bits per heavy atom. The maximum atomic E-state index is 9.71. The highest BCUT2D eigenvalue weighted by atomic mass is 35.5. The minimum Gasteiger partial charge on any atom is -0.390 e. The number of H-pyrrole nitrogens is 1. The number of nitrogens with one attached hydrogen (secondary N) is 1. The van der Waals surface area contributed by atoms with E-state index in [2.05, 4.69) is 56.8 Å². The minimum atomic E-state index is -0.133. The summed E-state index contributed by atoms with van der Waals surface area (Å²) in [6.45, 7) is 2.57. The molecule has 0 atom stereocenters. The van der Waals surface area contributed by atoms with Crippen LogP contribution in [0, 0.1) is 0 Å². The number of rotatable bonds is 7. The van der Waals surface area contributed by atoms with Gasteiger partial charge in [0.05, 0.1) is 12.3 Å². The minimum absolute atomic E-state index is 0.133. The van der Waals surface area contributed by atoms with Crippen LogP contribution in [-0.4, -0.2) is 35.3 Å². The zero-order valence-electron chi connectivity index (χ0n) is 16.0. The van der Waals surface area contributed by atoms with E-state index in [9.17, 15) is 5.11 Å². The predicted octanol–water partition coefficient (Wildman–Crippen LogP) is 3.88. The highest BCUT2D eigenvalue weighted by molar-refractivity contribution is 6.30. The number of aromatic amines is 1. The summed E-state index contributed by atoms with van der Waals surface area (Å²) in [5, 5.41) is 24.4. The highest BCUT2D eigenvalue weighted by Crippen LogP contribution is 2.30. The number of nitrogens with zero attached hydrogens (tertiary/aromatic N) is 5. The van der Waals surface area contributed by atoms with Gasteiger partial charge in [0.2, 0.25) is 5.82 Å². The molecule has 0 unspecified atom stereocenters. The Balaban J connectivity index is 1.64. The first-order valence-corrected chi connectivity index (χ1v) is 9.85. The molecule has 0 spiro atoms. The van der Waals surface area contributed by atoms with Crippen molar-refractivity contribution in [1.29, 1.82) is 0 Å². The summed E-state index contributed by atoms with van der Waals surface area (Å²) < 4.78 is 2.01. The van der Waals surface area contributed by atoms with Crippen molar-refractivity contribution in [3.05, 3.63) is 70.8 Å². The molecule has 2 aromatic carbocycles. The molecular formula is C21H21ClN6O. The summed E-state index contributed by atoms with van der Waals surface area (Å²) in [4.78, 5) is 4.42. The molecule has 4 rings (SSSR count). The van der Waals surface area contributed by atoms with E-state index in [-0.39, 0.29) is 6.61 Å². The molecule has 0 radical (unpaired) electrons. The quantitative estimate of drug-likeness (QED) is 0.484. The van der Waals surface area contributed by atoms with Gasteiger partial charge in [-0.2, -0.15) is 5.21 Å². The Kier molecular flexibility index (Phi) is 5.69. The van der Waals surface area contributed by atoms with Gasteiger partial charge in [-0.15, -0.1) is 10.2 Å². The Labute approximate surface area is 173 Å². The second-order valence-electron chi connectivity index (χ2n) is 6.74. The van der Waals surface area contributed by atoms with Gasteiger partial charge >= 0.3 is 0 Å². The largest absolute Gasteiger partial charge is 0.390 e. The molecule has 7 nitrogen and oxygen atoms in total. The van der Waals surface area contributed by atoms with Crippen LogP contribution in [0.25, 0.3) is 22.5 Å². The Bertz CT molecular complexity index is 1090. The molecule has 148 valence electrons. The highest BCUT2D eigenvalue weighted by Gasteiger charge is 2.15. The van der Waals surface area contributed by atoms with E-state index >= 15 is 0 Å². The number of aromatic nitrogens is 6. The number of benzene rings is 2. The fourth-order valence-electron chi connectivity index (χ4n) is 3.44. The average molecular weight is 409 g/mol. The summed E-state index contributed by atoms with van der Waals surface area (Å²) in [5.41, 5.74) is 4.78. The van der Waals surface area contributed by atoms with Crippen LogP contribution in [0.5, 0.6) is 0 Å². The first kappa shape index (κ1) is 19.3. The van der Waals surface area contributed by atoms with E-state index in [1.165, 1.54) is 0 Å². The van der Waals surface area contributed by atoms with E-state index in [4.69, 9.17) is 11.6 Å². The lowest BCUT2D eigenvalue weighted by Gasteiger charge is -2.12. The van der Waals surface area contributed by atoms with Gasteiger partial charge in [0.15, 0.2) is 5.15 Å². The van der Waals surface area contributed by atoms with E-state index < -0.39 is 0 Å². The van der Waals surface area contributed by atoms with E-state index in [0.29, 0.717) is 23.2 Å². The van der Waals surface area contributed by atoms with Gasteiger partial charge in [-0.25, -0.2) is 4.98 Å². The van der Waals surface area contributed by atoms with E-state index in [1.807, 2.05) is 28.8 Å². The lowest BCUT2D eigenvalue weighted by atomic mass is 9.98. The topological polar surface area (TPSA) is 92.5 Å². The van der Waals surface area contributed by atoms with Crippen molar-refractivity contribution in [2.75, 3.05) is 0 Å². The number of hydrogen-bond acceptors (Lipinski definition) is 5. The fourth-order valence-corrected chi connectivity index (χ4v) is 3.69. The van der Waals surface area contributed by atoms with Crippen molar-refractivity contribution >= 4 is 11.6 Å². The molecule has 29 heavy (non-hydrogen) atoms. The standard InChI is InChI=1S/C21H21ClN6O/c1-2-5-19-23-20(22)18(13-29)28(19)12-14-8-10-15(11-9-14)16-6-3-4-7-17(16)21-24-26-27-25-21/h3-4,6-11,29H,2,5,12-13H2,1H3,(H,24,25,26,27). The van der Waals surface area contributed by atoms with Gasteiger partial charge in [-0.3, -0.25) is 0 Å². The monoisotopic (exact) mass is 408 g/mol. The summed E-state index contributed by atoms with van der Waals surface area (Å²) in [5.74, 6) is 1.46. The van der Waals surface area contributed by atoms with Crippen LogP contribution in [0.15, 0.2) is 48.5 Å². The van der Waals surface area contributed by atoms with Gasteiger partial charge < -0.3 is 9.67 Å². The molecule has 2 N–H and O–H groups in total. The second-order valence-corrected chi connectivity index (χ2v) is 7.10. The normalized spacial score (nSPS) is 11.1. The van der Waals surface area contributed by atoms with Gasteiger partial charge in [-0.05, 0) is 28.3 Å². The van der Waals surface area contributed by atoms with Crippen LogP contribution >= 0.6 is 11.6 Å². The van der Waals surface area contributed by atoms with Crippen LogP contribution in [0.1, 0.15) is 30.4 Å². The molecule has 8 heteroatoms. The van der Waals surface area contributed by atoms with Crippen LogP contribution < -0.4 is 0 Å². The Morgan fingerprint density at radius 2 is 1.83 bits per heavy atom. The SMILES string of the molecule is CCCc1nc(Cl)c(CO)n1Cc1ccc(-c2ccccc2-c2nn[nH]n2)cc1. The molecule has 2 aromatic heterocycles. The third kappa shape index (κ3) is 3.92. The van der Waals surface area contributed by atoms with Crippen LogP contribution in [0.3, 0.4) is 0 Å². The summed E-state index contributed by atoms with van der Waals surface area (Å²) in [6, 6.07) is 16.3. The van der Waals surface area contributed by atoms with Gasteiger partial charge in [0, 0.05) is 18.5 Å². The number of imidazole rings is 1. The lowest BCUT2D eigenvalue weighted by Crippen LogP contribution is -2.09. The first-order chi connectivity index (χ1) is 14.2. The summed E-state index contributed by atoms with van der Waals surface area (Å²) in [6.07, 6.45) is 1.78. The number of tetrazole rings is 1. The number of halogens is 1. The zero-order valence-corrected chi connectivity index (χ0v) is 16.8.